The smallest absolute Gasteiger partial charge is 0.0678 e. The van der Waals surface area contributed by atoms with Crippen molar-refractivity contribution in [3.05, 3.63) is 0 Å². The van der Waals surface area contributed by atoms with E-state index in [2.05, 4.69) is 6.92 Å². The van der Waals surface area contributed by atoms with Gasteiger partial charge in [-0.05, 0) is 43.9 Å². The zero-order valence-electron chi connectivity index (χ0n) is 8.05. The fraction of sp³-hybridized carbons (Fsp3) is 1.00. The van der Waals surface area contributed by atoms with Crippen LogP contribution in [0.2, 0.25) is 0 Å². The Hall–Kier alpha value is -0.0400. The molecule has 2 aliphatic rings. The predicted octanol–water partition coefficient (Wildman–Crippen LogP) is 2.73. The van der Waals surface area contributed by atoms with E-state index in [9.17, 15) is 5.11 Å². The molecule has 0 radical (unpaired) electrons. The van der Waals surface area contributed by atoms with Crippen LogP contribution in [0.5, 0.6) is 0 Å². The summed E-state index contributed by atoms with van der Waals surface area (Å²) in [5.74, 6) is 1.40. The highest BCUT2D eigenvalue weighted by Crippen LogP contribution is 2.45. The molecule has 0 heterocycles. The molecule has 0 aliphatic heterocycles. The summed E-state index contributed by atoms with van der Waals surface area (Å²) < 4.78 is 0. The molecule has 2 saturated carbocycles. The van der Waals surface area contributed by atoms with Crippen LogP contribution < -0.4 is 0 Å². The lowest BCUT2D eigenvalue weighted by molar-refractivity contribution is -0.0126. The van der Waals surface area contributed by atoms with Crippen molar-refractivity contribution in [3.63, 3.8) is 0 Å². The Kier molecular flexibility index (Phi) is 2.16. The summed E-state index contributed by atoms with van der Waals surface area (Å²) in [6.07, 6.45) is 8.64. The van der Waals surface area contributed by atoms with Crippen LogP contribution in [0.1, 0.15) is 51.9 Å². The molecule has 1 heteroatoms. The van der Waals surface area contributed by atoms with Crippen molar-refractivity contribution >= 4 is 0 Å². The highest BCUT2D eigenvalue weighted by molar-refractivity contribution is 4.94. The van der Waals surface area contributed by atoms with Gasteiger partial charge in [0.15, 0.2) is 0 Å². The van der Waals surface area contributed by atoms with Gasteiger partial charge >= 0.3 is 0 Å². The van der Waals surface area contributed by atoms with Gasteiger partial charge in [0.05, 0.1) is 5.60 Å². The standard InChI is InChI=1S/C11H20O/c1-9-6-7-11(12,8-9)10-4-2-3-5-10/h9-10,12H,2-8H2,1H3. The molecule has 12 heavy (non-hydrogen) atoms. The van der Waals surface area contributed by atoms with Crippen molar-refractivity contribution in [2.45, 2.75) is 57.5 Å². The predicted molar refractivity (Wildman–Crippen MR) is 49.9 cm³/mol. The van der Waals surface area contributed by atoms with Crippen LogP contribution in [0.15, 0.2) is 0 Å². The third kappa shape index (κ3) is 1.39. The Balaban J connectivity index is 2.00. The Bertz CT molecular complexity index is 160. The second-order valence-electron chi connectivity index (χ2n) is 4.93. The number of hydrogen-bond donors (Lipinski definition) is 1. The molecule has 1 nitrogen and oxygen atoms in total. The van der Waals surface area contributed by atoms with E-state index in [1.165, 1.54) is 32.1 Å². The first-order valence-corrected chi connectivity index (χ1v) is 5.43. The third-order valence-corrected chi connectivity index (χ3v) is 3.89. The second-order valence-corrected chi connectivity index (χ2v) is 4.93. The molecule has 2 unspecified atom stereocenters. The zero-order valence-corrected chi connectivity index (χ0v) is 8.05. The summed E-state index contributed by atoms with van der Waals surface area (Å²) in [4.78, 5) is 0. The maximum Gasteiger partial charge on any atom is 0.0678 e. The van der Waals surface area contributed by atoms with Gasteiger partial charge in [0.1, 0.15) is 0 Å². The first-order valence-electron chi connectivity index (χ1n) is 5.43. The lowest BCUT2D eigenvalue weighted by atomic mass is 9.84. The van der Waals surface area contributed by atoms with E-state index in [1.54, 1.807) is 0 Å². The van der Waals surface area contributed by atoms with E-state index in [0.717, 1.165) is 18.8 Å². The molecule has 1 N–H and O–H groups in total. The van der Waals surface area contributed by atoms with Crippen LogP contribution in [0, 0.1) is 11.8 Å². The Morgan fingerprint density at radius 3 is 2.33 bits per heavy atom. The molecule has 0 aromatic heterocycles. The molecule has 0 saturated heterocycles. The van der Waals surface area contributed by atoms with Crippen molar-refractivity contribution in [1.82, 2.24) is 0 Å². The fourth-order valence-electron chi connectivity index (χ4n) is 3.14. The van der Waals surface area contributed by atoms with Gasteiger partial charge in [0, 0.05) is 0 Å². The third-order valence-electron chi connectivity index (χ3n) is 3.89. The number of hydrogen-bond acceptors (Lipinski definition) is 1. The van der Waals surface area contributed by atoms with E-state index < -0.39 is 0 Å². The molecule has 0 aromatic rings. The molecule has 2 aliphatic carbocycles. The summed E-state index contributed by atoms with van der Waals surface area (Å²) in [5, 5.41) is 10.4. The molecule has 0 amide bonds. The Morgan fingerprint density at radius 1 is 1.17 bits per heavy atom. The van der Waals surface area contributed by atoms with E-state index in [1.807, 2.05) is 0 Å². The Morgan fingerprint density at radius 2 is 1.83 bits per heavy atom. The molecule has 0 aromatic carbocycles. The average molecular weight is 168 g/mol. The maximum atomic E-state index is 10.4. The van der Waals surface area contributed by atoms with E-state index in [-0.39, 0.29) is 5.60 Å². The van der Waals surface area contributed by atoms with Crippen molar-refractivity contribution in [3.8, 4) is 0 Å². The van der Waals surface area contributed by atoms with Crippen molar-refractivity contribution in [1.29, 1.82) is 0 Å². The summed E-state index contributed by atoms with van der Waals surface area (Å²) in [7, 11) is 0. The highest BCUT2D eigenvalue weighted by atomic mass is 16.3. The first-order chi connectivity index (χ1) is 5.71. The van der Waals surface area contributed by atoms with Gasteiger partial charge in [-0.2, -0.15) is 0 Å². The van der Waals surface area contributed by atoms with Gasteiger partial charge < -0.3 is 5.11 Å². The molecule has 70 valence electrons. The molecular weight excluding hydrogens is 148 g/mol. The van der Waals surface area contributed by atoms with Crippen molar-refractivity contribution in [2.75, 3.05) is 0 Å². The lowest BCUT2D eigenvalue weighted by Crippen LogP contribution is -2.33. The van der Waals surface area contributed by atoms with Crippen LogP contribution in [-0.2, 0) is 0 Å². The quantitative estimate of drug-likeness (QED) is 0.638. The SMILES string of the molecule is CC1CCC(O)(C2CCCC2)C1. The van der Waals surface area contributed by atoms with E-state index in [4.69, 9.17) is 0 Å². The van der Waals surface area contributed by atoms with Gasteiger partial charge in [-0.15, -0.1) is 0 Å². The second kappa shape index (κ2) is 3.02. The molecule has 2 atom stereocenters. The number of rotatable bonds is 1. The van der Waals surface area contributed by atoms with Gasteiger partial charge in [0.25, 0.3) is 0 Å². The topological polar surface area (TPSA) is 20.2 Å². The molecule has 0 bridgehead atoms. The summed E-state index contributed by atoms with van der Waals surface area (Å²) in [5.41, 5.74) is -0.254. The van der Waals surface area contributed by atoms with Gasteiger partial charge in [0.2, 0.25) is 0 Å². The van der Waals surface area contributed by atoms with Crippen molar-refractivity contribution < 1.29 is 5.11 Å². The van der Waals surface area contributed by atoms with Crippen LogP contribution in [0.3, 0.4) is 0 Å². The Labute approximate surface area is 75.2 Å². The normalized spacial score (nSPS) is 44.0. The van der Waals surface area contributed by atoms with Crippen LogP contribution in [0.4, 0.5) is 0 Å². The highest BCUT2D eigenvalue weighted by Gasteiger charge is 2.42. The minimum Gasteiger partial charge on any atom is -0.390 e. The van der Waals surface area contributed by atoms with Gasteiger partial charge in [-0.3, -0.25) is 0 Å². The molecule has 0 spiro atoms. The van der Waals surface area contributed by atoms with Crippen LogP contribution in [0.25, 0.3) is 0 Å². The van der Waals surface area contributed by atoms with E-state index in [0.29, 0.717) is 5.92 Å². The molecular formula is C11H20O. The minimum atomic E-state index is -0.254. The van der Waals surface area contributed by atoms with Crippen LogP contribution in [-0.4, -0.2) is 10.7 Å². The minimum absolute atomic E-state index is 0.254. The van der Waals surface area contributed by atoms with E-state index >= 15 is 0 Å². The molecule has 2 rings (SSSR count). The average Bonchev–Trinajstić information content (AvgIpc) is 2.59. The lowest BCUT2D eigenvalue weighted by Gasteiger charge is -2.29. The zero-order chi connectivity index (χ0) is 8.60. The van der Waals surface area contributed by atoms with Crippen molar-refractivity contribution in [2.24, 2.45) is 11.8 Å². The van der Waals surface area contributed by atoms with Gasteiger partial charge in [-0.25, -0.2) is 0 Å². The summed E-state index contributed by atoms with van der Waals surface area (Å²) in [6, 6.07) is 0. The maximum absolute atomic E-state index is 10.4. The summed E-state index contributed by atoms with van der Waals surface area (Å²) >= 11 is 0. The van der Waals surface area contributed by atoms with Crippen LogP contribution >= 0.6 is 0 Å². The summed E-state index contributed by atoms with van der Waals surface area (Å²) in [6.45, 7) is 2.27. The molecule has 2 fully saturated rings. The first kappa shape index (κ1) is 8.55. The largest absolute Gasteiger partial charge is 0.390 e. The van der Waals surface area contributed by atoms with Gasteiger partial charge in [-0.1, -0.05) is 19.8 Å². The fourth-order valence-corrected chi connectivity index (χ4v) is 3.14. The number of aliphatic hydroxyl groups is 1. The monoisotopic (exact) mass is 168 g/mol.